The summed E-state index contributed by atoms with van der Waals surface area (Å²) in [6.07, 6.45) is 6.12. The van der Waals surface area contributed by atoms with E-state index in [2.05, 4.69) is 36.7 Å². The maximum atomic E-state index is 10.2. The molecule has 0 spiro atoms. The molecule has 0 heterocycles. The number of aliphatic hydroxyl groups is 1. The molecule has 0 unspecified atom stereocenters. The van der Waals surface area contributed by atoms with E-state index in [0.717, 1.165) is 17.7 Å². The lowest BCUT2D eigenvalue weighted by Crippen LogP contribution is -2.53. The zero-order valence-electron chi connectivity index (χ0n) is 10.8. The molecular formula is C14H25BrO. The Bertz CT molecular complexity index is 263. The third-order valence-corrected chi connectivity index (χ3v) is 6.20. The third kappa shape index (κ3) is 1.86. The number of hydrogen-bond acceptors (Lipinski definition) is 1. The summed E-state index contributed by atoms with van der Waals surface area (Å²) < 4.78 is 0. The van der Waals surface area contributed by atoms with Crippen LogP contribution >= 0.6 is 15.9 Å². The first-order valence-electron chi connectivity index (χ1n) is 6.66. The van der Waals surface area contributed by atoms with Crippen LogP contribution in [0.5, 0.6) is 0 Å². The molecule has 2 aliphatic rings. The van der Waals surface area contributed by atoms with Gasteiger partial charge in [0.05, 0.1) is 6.10 Å². The smallest absolute Gasteiger partial charge is 0.0581 e. The summed E-state index contributed by atoms with van der Waals surface area (Å²) in [4.78, 5) is 0. The van der Waals surface area contributed by atoms with Gasteiger partial charge in [0.2, 0.25) is 0 Å². The van der Waals surface area contributed by atoms with Crippen LogP contribution < -0.4 is 0 Å². The van der Waals surface area contributed by atoms with Gasteiger partial charge in [-0.15, -0.1) is 0 Å². The summed E-state index contributed by atoms with van der Waals surface area (Å²) in [5.41, 5.74) is 0.816. The largest absolute Gasteiger partial charge is 0.393 e. The molecule has 0 amide bonds. The van der Waals surface area contributed by atoms with E-state index < -0.39 is 0 Å². The second kappa shape index (κ2) is 4.28. The Kier molecular flexibility index (Phi) is 3.44. The van der Waals surface area contributed by atoms with E-state index in [4.69, 9.17) is 0 Å². The van der Waals surface area contributed by atoms with Gasteiger partial charge in [-0.3, -0.25) is 0 Å². The number of fused-ring (bicyclic) bond motifs is 1. The lowest BCUT2D eigenvalue weighted by atomic mass is 9.48. The van der Waals surface area contributed by atoms with Crippen LogP contribution in [-0.4, -0.2) is 16.5 Å². The molecule has 2 aliphatic carbocycles. The lowest BCUT2D eigenvalue weighted by Gasteiger charge is -2.58. The molecule has 1 nitrogen and oxygen atoms in total. The van der Waals surface area contributed by atoms with E-state index in [-0.39, 0.29) is 6.10 Å². The van der Waals surface area contributed by atoms with Crippen molar-refractivity contribution in [1.29, 1.82) is 0 Å². The van der Waals surface area contributed by atoms with Gasteiger partial charge < -0.3 is 5.11 Å². The van der Waals surface area contributed by atoms with Gasteiger partial charge in [0.15, 0.2) is 0 Å². The topological polar surface area (TPSA) is 20.2 Å². The predicted octanol–water partition coefficient (Wildman–Crippen LogP) is 3.98. The van der Waals surface area contributed by atoms with Crippen LogP contribution in [0.25, 0.3) is 0 Å². The Balaban J connectivity index is 2.31. The maximum absolute atomic E-state index is 10.2. The van der Waals surface area contributed by atoms with E-state index in [9.17, 15) is 5.11 Å². The normalized spacial score (nSPS) is 47.4. The van der Waals surface area contributed by atoms with Crippen LogP contribution in [0, 0.1) is 22.7 Å². The Morgan fingerprint density at radius 2 is 1.88 bits per heavy atom. The van der Waals surface area contributed by atoms with Gasteiger partial charge in [-0.2, -0.15) is 0 Å². The average molecular weight is 289 g/mol. The highest BCUT2D eigenvalue weighted by Crippen LogP contribution is 2.59. The van der Waals surface area contributed by atoms with E-state index in [1.54, 1.807) is 0 Å². The monoisotopic (exact) mass is 288 g/mol. The molecule has 0 bridgehead atoms. The van der Waals surface area contributed by atoms with Gasteiger partial charge in [-0.25, -0.2) is 0 Å². The molecule has 0 aromatic carbocycles. The highest BCUT2D eigenvalue weighted by atomic mass is 79.9. The fraction of sp³-hybridized carbons (Fsp3) is 1.00. The van der Waals surface area contributed by atoms with Crippen LogP contribution in [0.2, 0.25) is 0 Å². The standard InChI is InChI=1S/C14H25BrO/c1-13(2)7-4-8-14(3)10(9-15)11(16)5-6-12(13)14/h10-12,16H,4-9H2,1-3H3/t10-,11+,12+,14+/m1/s1. The van der Waals surface area contributed by atoms with Crippen LogP contribution in [-0.2, 0) is 0 Å². The Morgan fingerprint density at radius 3 is 2.50 bits per heavy atom. The molecule has 0 radical (unpaired) electrons. The van der Waals surface area contributed by atoms with Crippen molar-refractivity contribution < 1.29 is 5.11 Å². The molecule has 0 saturated heterocycles. The zero-order chi connectivity index (χ0) is 12.0. The predicted molar refractivity (Wildman–Crippen MR) is 71.8 cm³/mol. The summed E-state index contributed by atoms with van der Waals surface area (Å²) >= 11 is 3.63. The van der Waals surface area contributed by atoms with Crippen molar-refractivity contribution >= 4 is 15.9 Å². The van der Waals surface area contributed by atoms with Crippen molar-refractivity contribution in [3.63, 3.8) is 0 Å². The van der Waals surface area contributed by atoms with Crippen molar-refractivity contribution in [2.75, 3.05) is 5.33 Å². The highest BCUT2D eigenvalue weighted by molar-refractivity contribution is 9.09. The summed E-state index contributed by atoms with van der Waals surface area (Å²) in [5.74, 6) is 1.24. The summed E-state index contributed by atoms with van der Waals surface area (Å²) in [6, 6.07) is 0. The van der Waals surface area contributed by atoms with Crippen LogP contribution in [0.15, 0.2) is 0 Å². The van der Waals surface area contributed by atoms with Gasteiger partial charge in [0.25, 0.3) is 0 Å². The summed E-state index contributed by atoms with van der Waals surface area (Å²) in [5, 5.41) is 11.2. The molecule has 4 atom stereocenters. The number of rotatable bonds is 1. The van der Waals surface area contributed by atoms with Gasteiger partial charge in [0.1, 0.15) is 0 Å². The number of halogens is 1. The van der Waals surface area contributed by atoms with Crippen molar-refractivity contribution in [3.8, 4) is 0 Å². The Morgan fingerprint density at radius 1 is 1.19 bits per heavy atom. The lowest BCUT2D eigenvalue weighted by molar-refractivity contribution is -0.114. The molecule has 94 valence electrons. The first-order chi connectivity index (χ1) is 7.42. The van der Waals surface area contributed by atoms with E-state index in [0.29, 0.717) is 16.7 Å². The Labute approximate surface area is 108 Å². The van der Waals surface area contributed by atoms with Crippen LogP contribution in [0.1, 0.15) is 52.9 Å². The van der Waals surface area contributed by atoms with Crippen molar-refractivity contribution in [1.82, 2.24) is 0 Å². The Hall–Kier alpha value is 0.440. The highest BCUT2D eigenvalue weighted by Gasteiger charge is 2.53. The maximum Gasteiger partial charge on any atom is 0.0581 e. The molecule has 1 N–H and O–H groups in total. The fourth-order valence-corrected chi connectivity index (χ4v) is 5.76. The molecule has 2 fully saturated rings. The SMILES string of the molecule is CC1(C)CCC[C@@]2(C)[C@H](CBr)[C@@H](O)CC[C@@H]12. The zero-order valence-corrected chi connectivity index (χ0v) is 12.4. The second-order valence-corrected chi connectivity index (χ2v) is 7.45. The third-order valence-electron chi connectivity index (χ3n) is 5.50. The van der Waals surface area contributed by atoms with Crippen molar-refractivity contribution in [2.45, 2.75) is 59.0 Å². The molecular weight excluding hydrogens is 264 g/mol. The molecule has 0 aromatic rings. The van der Waals surface area contributed by atoms with E-state index in [1.165, 1.54) is 25.7 Å². The minimum atomic E-state index is -0.0884. The van der Waals surface area contributed by atoms with Gasteiger partial charge in [0, 0.05) is 11.2 Å². The van der Waals surface area contributed by atoms with Gasteiger partial charge in [-0.05, 0) is 42.4 Å². The summed E-state index contributed by atoms with van der Waals surface area (Å²) in [6.45, 7) is 7.28. The molecule has 0 aromatic heterocycles. The second-order valence-electron chi connectivity index (χ2n) is 6.81. The molecule has 2 saturated carbocycles. The molecule has 0 aliphatic heterocycles. The first kappa shape index (κ1) is 12.9. The molecule has 16 heavy (non-hydrogen) atoms. The van der Waals surface area contributed by atoms with Crippen molar-refractivity contribution in [3.05, 3.63) is 0 Å². The van der Waals surface area contributed by atoms with Crippen LogP contribution in [0.3, 0.4) is 0 Å². The average Bonchev–Trinajstić information content (AvgIpc) is 2.15. The quantitative estimate of drug-likeness (QED) is 0.724. The number of aliphatic hydroxyl groups excluding tert-OH is 1. The molecule has 2 heteroatoms. The van der Waals surface area contributed by atoms with Crippen LogP contribution in [0.4, 0.5) is 0 Å². The van der Waals surface area contributed by atoms with Crippen molar-refractivity contribution in [2.24, 2.45) is 22.7 Å². The minimum Gasteiger partial charge on any atom is -0.393 e. The first-order valence-corrected chi connectivity index (χ1v) is 7.78. The minimum absolute atomic E-state index is 0.0884. The van der Waals surface area contributed by atoms with Gasteiger partial charge in [-0.1, -0.05) is 43.1 Å². The number of alkyl halides is 1. The van der Waals surface area contributed by atoms with Gasteiger partial charge >= 0.3 is 0 Å². The molecule has 2 rings (SSSR count). The number of hydrogen-bond donors (Lipinski definition) is 1. The fourth-order valence-electron chi connectivity index (χ4n) is 4.59. The summed E-state index contributed by atoms with van der Waals surface area (Å²) in [7, 11) is 0. The van der Waals surface area contributed by atoms with E-state index in [1.807, 2.05) is 0 Å². The van der Waals surface area contributed by atoms with E-state index >= 15 is 0 Å².